The van der Waals surface area contributed by atoms with Crippen molar-refractivity contribution < 1.29 is 38.6 Å². The Labute approximate surface area is 326 Å². The number of unbranched alkanes of at least 4 members (excludes halogenated alkanes) is 4. The monoisotopic (exact) mass is 816 g/mol. The normalized spacial score (nSPS) is 15.3. The predicted molar refractivity (Wildman–Crippen MR) is 205 cm³/mol. The number of hydrogen-bond acceptors (Lipinski definition) is 14. The smallest absolute Gasteiger partial charge is 0.269 e. The molecule has 0 spiro atoms. The Morgan fingerprint density at radius 2 is 0.926 bits per heavy atom. The molecular weight excluding hydrogens is 785 g/mol. The molecule has 0 aliphatic carbocycles. The van der Waals surface area contributed by atoms with E-state index >= 15 is 0 Å². The summed E-state index contributed by atoms with van der Waals surface area (Å²) in [5.41, 5.74) is 9.03. The van der Waals surface area contributed by atoms with E-state index in [4.69, 9.17) is 24.4 Å². The fraction of sp³-hybridized carbons (Fsp3) is 0.312. The fourth-order valence-corrected chi connectivity index (χ4v) is 7.68. The summed E-state index contributed by atoms with van der Waals surface area (Å²) in [5, 5.41) is 21.5. The summed E-state index contributed by atoms with van der Waals surface area (Å²) in [4.78, 5) is 98.6. The minimum Gasteiger partial charge on any atom is -0.293 e. The van der Waals surface area contributed by atoms with E-state index in [1.54, 1.807) is 0 Å². The largest absolute Gasteiger partial charge is 0.293 e. The van der Waals surface area contributed by atoms with Crippen LogP contribution in [0.15, 0.2) is 58.3 Å². The van der Waals surface area contributed by atoms with Gasteiger partial charge in [-0.25, -0.2) is 0 Å². The van der Waals surface area contributed by atoms with E-state index < -0.39 is 45.3 Å². The van der Waals surface area contributed by atoms with Gasteiger partial charge in [-0.2, -0.15) is 0 Å². The number of rotatable bonds is 16. The molecule has 6 amide bonds. The van der Waals surface area contributed by atoms with Crippen LogP contribution in [0.4, 0.5) is 11.4 Å². The molecule has 0 bridgehead atoms. The number of non-ortho nitro benzene ring substituents is 2. The van der Waals surface area contributed by atoms with Crippen LogP contribution in [0.1, 0.15) is 72.1 Å². The van der Waals surface area contributed by atoms with Gasteiger partial charge in [-0.15, -0.1) is 0 Å². The number of thioether (sulfide) groups is 2. The third-order valence-corrected chi connectivity index (χ3v) is 10.8. The lowest BCUT2D eigenvalue weighted by Crippen LogP contribution is -2.41. The number of nitrogens with one attached hydrogen (secondary N) is 4. The number of nitrogens with zero attached hydrogens (tertiary/aromatic N) is 4. The zero-order chi connectivity index (χ0) is 39.4. The van der Waals surface area contributed by atoms with Gasteiger partial charge in [0.2, 0.25) is 11.8 Å². The van der Waals surface area contributed by atoms with Crippen molar-refractivity contribution >= 4 is 103 Å². The third-order valence-electron chi connectivity index (χ3n) is 7.79. The molecule has 0 atom stereocenters. The maximum atomic E-state index is 13.2. The van der Waals surface area contributed by atoms with Gasteiger partial charge >= 0.3 is 0 Å². The first-order chi connectivity index (χ1) is 25.8. The van der Waals surface area contributed by atoms with Crippen LogP contribution >= 0.6 is 48.0 Å². The number of benzene rings is 2. The highest BCUT2D eigenvalue weighted by Gasteiger charge is 2.41. The molecule has 0 saturated carbocycles. The number of nitro benzene ring substituents is 2. The van der Waals surface area contributed by atoms with Crippen molar-refractivity contribution in [1.29, 1.82) is 0 Å². The molecule has 2 aromatic carbocycles. The Balaban J connectivity index is 1.12. The molecule has 0 aromatic heterocycles. The van der Waals surface area contributed by atoms with Gasteiger partial charge in [0, 0.05) is 61.3 Å². The van der Waals surface area contributed by atoms with Gasteiger partial charge in [-0.3, -0.25) is 80.5 Å². The lowest BCUT2D eigenvalue weighted by Gasteiger charge is -2.14. The number of carbonyl (C=O) groups excluding carboxylic acids is 6. The van der Waals surface area contributed by atoms with Crippen molar-refractivity contribution in [3.63, 3.8) is 0 Å². The van der Waals surface area contributed by atoms with Gasteiger partial charge in [-0.05, 0) is 49.9 Å². The molecule has 4 rings (SSSR count). The standard InChI is InChI=1S/C32H32N8O10S4/c41-23(33-35-27(43)19-9-13-21(14-10-19)39(47)48)7-3-1-5-17-37-29(45)25(53-31(37)51)26-30(46)38(32(52)54-26)18-6-2-4-8-24(42)34-36-28(44)20-11-15-22(16-12-20)40(49)50/h9-16H,1-8,17-18H2,(H,33,41)(H,34,42)(H,35,43)(H,36,44). The summed E-state index contributed by atoms with van der Waals surface area (Å²) in [6.07, 6.45) is 3.28. The molecule has 2 heterocycles. The first kappa shape index (κ1) is 41.4. The zero-order valence-electron chi connectivity index (χ0n) is 28.2. The molecular formula is C32H32N8O10S4. The lowest BCUT2D eigenvalue weighted by molar-refractivity contribution is -0.385. The summed E-state index contributed by atoms with van der Waals surface area (Å²) < 4.78 is 0.600. The molecule has 0 radical (unpaired) electrons. The molecule has 2 aromatic rings. The predicted octanol–water partition coefficient (Wildman–Crippen LogP) is 3.78. The van der Waals surface area contributed by atoms with Gasteiger partial charge < -0.3 is 0 Å². The van der Waals surface area contributed by atoms with E-state index in [1.807, 2.05) is 0 Å². The number of hydrazine groups is 2. The van der Waals surface area contributed by atoms with Gasteiger partial charge in [0.15, 0.2) is 0 Å². The van der Waals surface area contributed by atoms with Crippen molar-refractivity contribution in [3.8, 4) is 0 Å². The van der Waals surface area contributed by atoms with E-state index in [2.05, 4.69) is 21.7 Å². The number of nitro groups is 2. The van der Waals surface area contributed by atoms with E-state index in [9.17, 15) is 49.0 Å². The molecule has 22 heteroatoms. The maximum absolute atomic E-state index is 13.2. The Morgan fingerprint density at radius 1 is 0.574 bits per heavy atom. The molecule has 2 fully saturated rings. The minimum absolute atomic E-state index is 0.0962. The summed E-state index contributed by atoms with van der Waals surface area (Å²) in [6, 6.07) is 9.80. The Morgan fingerprint density at radius 3 is 1.26 bits per heavy atom. The molecule has 2 aliphatic rings. The maximum Gasteiger partial charge on any atom is 0.269 e. The quantitative estimate of drug-likeness (QED) is 0.0620. The number of carbonyl (C=O) groups is 6. The molecule has 2 aliphatic heterocycles. The van der Waals surface area contributed by atoms with Crippen LogP contribution in [0.5, 0.6) is 0 Å². The second kappa shape index (κ2) is 19.7. The van der Waals surface area contributed by atoms with Crippen molar-refractivity contribution in [3.05, 3.63) is 89.7 Å². The zero-order valence-corrected chi connectivity index (χ0v) is 31.5. The van der Waals surface area contributed by atoms with E-state index in [0.29, 0.717) is 47.2 Å². The van der Waals surface area contributed by atoms with Crippen LogP contribution in [-0.4, -0.2) is 76.8 Å². The van der Waals surface area contributed by atoms with E-state index in [-0.39, 0.29) is 58.2 Å². The summed E-state index contributed by atoms with van der Waals surface area (Å²) in [5.74, 6) is -2.93. The van der Waals surface area contributed by atoms with Gasteiger partial charge in [0.05, 0.1) is 19.7 Å². The number of hydrogen-bond donors (Lipinski definition) is 4. The van der Waals surface area contributed by atoms with Crippen LogP contribution < -0.4 is 21.7 Å². The Bertz CT molecular complexity index is 1770. The second-order valence-electron chi connectivity index (χ2n) is 11.5. The SMILES string of the molecule is O=C(CCCCCN1C(=O)C(=C2SC(=S)N(CCCCCC(=O)NNC(=O)c3ccc([N+](=O)[O-])cc3)C2=O)SC1=S)NNC(=O)c1ccc([N+](=O)[O-])cc1. The lowest BCUT2D eigenvalue weighted by atomic mass is 10.2. The van der Waals surface area contributed by atoms with Gasteiger partial charge in [0.1, 0.15) is 8.64 Å². The summed E-state index contributed by atoms with van der Waals surface area (Å²) in [6.45, 7) is 0.558. The van der Waals surface area contributed by atoms with Crippen LogP contribution in [0, 0.1) is 20.2 Å². The molecule has 54 heavy (non-hydrogen) atoms. The molecule has 284 valence electrons. The van der Waals surface area contributed by atoms with Gasteiger partial charge in [-0.1, -0.05) is 60.8 Å². The van der Waals surface area contributed by atoms with Crippen LogP contribution in [0.25, 0.3) is 0 Å². The first-order valence-corrected chi connectivity index (χ1v) is 18.7. The average molecular weight is 817 g/mol. The van der Waals surface area contributed by atoms with Crippen LogP contribution in [-0.2, 0) is 19.2 Å². The van der Waals surface area contributed by atoms with Crippen molar-refractivity contribution in [2.24, 2.45) is 0 Å². The summed E-state index contributed by atoms with van der Waals surface area (Å²) >= 11 is 12.9. The second-order valence-corrected chi connectivity index (χ2v) is 14.8. The Hall–Kier alpha value is -5.32. The van der Waals surface area contributed by atoms with Crippen molar-refractivity contribution in [1.82, 2.24) is 31.5 Å². The highest BCUT2D eigenvalue weighted by molar-refractivity contribution is 8.29. The van der Waals surface area contributed by atoms with Gasteiger partial charge in [0.25, 0.3) is 35.0 Å². The highest BCUT2D eigenvalue weighted by atomic mass is 32.2. The number of amides is 6. The topological polar surface area (TPSA) is 243 Å². The van der Waals surface area contributed by atoms with E-state index in [0.717, 1.165) is 23.5 Å². The fourth-order valence-electron chi connectivity index (χ4n) is 4.91. The van der Waals surface area contributed by atoms with Crippen molar-refractivity contribution in [2.75, 3.05) is 13.1 Å². The number of thiocarbonyl (C=S) groups is 2. The van der Waals surface area contributed by atoms with Crippen molar-refractivity contribution in [2.45, 2.75) is 51.4 Å². The first-order valence-electron chi connectivity index (χ1n) is 16.3. The Kier molecular flexibility index (Phi) is 15.1. The van der Waals surface area contributed by atoms with Crippen LogP contribution in [0.2, 0.25) is 0 Å². The molecule has 2 saturated heterocycles. The molecule has 4 N–H and O–H groups in total. The highest BCUT2D eigenvalue weighted by Crippen LogP contribution is 2.42. The van der Waals surface area contributed by atoms with E-state index in [1.165, 1.54) is 58.3 Å². The van der Waals surface area contributed by atoms with Crippen LogP contribution in [0.3, 0.4) is 0 Å². The molecule has 18 nitrogen and oxygen atoms in total. The summed E-state index contributed by atoms with van der Waals surface area (Å²) in [7, 11) is 0. The molecule has 0 unspecified atom stereocenters. The minimum atomic E-state index is -0.628. The average Bonchev–Trinajstić information content (AvgIpc) is 3.60. The third kappa shape index (κ3) is 11.3.